The molecule has 2 heterocycles. The number of aryl methyl sites for hydroxylation is 1. The Balaban J connectivity index is 1.96. The minimum absolute atomic E-state index is 0.682. The van der Waals surface area contributed by atoms with Crippen molar-refractivity contribution in [3.8, 4) is 0 Å². The molecule has 5 nitrogen and oxygen atoms in total. The predicted molar refractivity (Wildman–Crippen MR) is 58.4 cm³/mol. The summed E-state index contributed by atoms with van der Waals surface area (Å²) in [6, 6.07) is 0.682. The van der Waals surface area contributed by atoms with Crippen LogP contribution >= 0.6 is 0 Å². The minimum Gasteiger partial charge on any atom is -0.320 e. The molecule has 0 unspecified atom stereocenters. The van der Waals surface area contributed by atoms with Crippen molar-refractivity contribution in [2.24, 2.45) is 7.05 Å². The molecule has 1 N–H and O–H groups in total. The molecular formula is C10H19N5. The maximum Gasteiger partial charge on any atom is 0.146 e. The van der Waals surface area contributed by atoms with Crippen LogP contribution in [0.25, 0.3) is 0 Å². The number of hydrogen-bond acceptors (Lipinski definition) is 4. The third kappa shape index (κ3) is 2.35. The first-order chi connectivity index (χ1) is 7.31. The maximum atomic E-state index is 4.13. The highest BCUT2D eigenvalue weighted by molar-refractivity contribution is 4.90. The van der Waals surface area contributed by atoms with Crippen molar-refractivity contribution < 1.29 is 0 Å². The number of hydrogen-bond donors (Lipinski definition) is 1. The molecule has 2 rings (SSSR count). The van der Waals surface area contributed by atoms with Crippen molar-refractivity contribution >= 4 is 0 Å². The molecule has 1 aliphatic rings. The van der Waals surface area contributed by atoms with E-state index in [-0.39, 0.29) is 0 Å². The lowest BCUT2D eigenvalue weighted by atomic mass is 10.1. The third-order valence-corrected chi connectivity index (χ3v) is 2.94. The third-order valence-electron chi connectivity index (χ3n) is 2.94. The highest BCUT2D eigenvalue weighted by atomic mass is 15.3. The van der Waals surface area contributed by atoms with E-state index >= 15 is 0 Å². The lowest BCUT2D eigenvalue weighted by Gasteiger charge is -2.37. The monoisotopic (exact) mass is 209 g/mol. The van der Waals surface area contributed by atoms with Gasteiger partial charge in [-0.3, -0.25) is 4.90 Å². The van der Waals surface area contributed by atoms with E-state index in [1.165, 1.54) is 6.42 Å². The van der Waals surface area contributed by atoms with E-state index < -0.39 is 0 Å². The SMILES string of the molecule is CCCN(Cc1nncn1C)C1CNC1. The fourth-order valence-corrected chi connectivity index (χ4v) is 1.84. The fourth-order valence-electron chi connectivity index (χ4n) is 1.84. The van der Waals surface area contributed by atoms with Gasteiger partial charge in [0.25, 0.3) is 0 Å². The lowest BCUT2D eigenvalue weighted by Crippen LogP contribution is -2.57. The first kappa shape index (κ1) is 10.6. The zero-order valence-corrected chi connectivity index (χ0v) is 9.48. The second kappa shape index (κ2) is 4.72. The van der Waals surface area contributed by atoms with Gasteiger partial charge in [-0.15, -0.1) is 10.2 Å². The molecule has 0 spiro atoms. The Morgan fingerprint density at radius 3 is 2.87 bits per heavy atom. The summed E-state index contributed by atoms with van der Waals surface area (Å²) in [6.45, 7) is 6.49. The van der Waals surface area contributed by atoms with Crippen molar-refractivity contribution in [3.05, 3.63) is 12.2 Å². The first-order valence-corrected chi connectivity index (χ1v) is 5.59. The Kier molecular flexibility index (Phi) is 3.33. The quantitative estimate of drug-likeness (QED) is 0.741. The van der Waals surface area contributed by atoms with Crippen LogP contribution in [0, 0.1) is 0 Å². The normalized spacial score (nSPS) is 17.0. The van der Waals surface area contributed by atoms with E-state index in [0.29, 0.717) is 6.04 Å². The van der Waals surface area contributed by atoms with E-state index in [1.807, 2.05) is 11.6 Å². The van der Waals surface area contributed by atoms with Crippen LogP contribution in [0.5, 0.6) is 0 Å². The summed E-state index contributed by atoms with van der Waals surface area (Å²) in [7, 11) is 2.00. The highest BCUT2D eigenvalue weighted by Crippen LogP contribution is 2.09. The molecule has 0 atom stereocenters. The molecule has 1 saturated heterocycles. The van der Waals surface area contributed by atoms with E-state index in [0.717, 1.165) is 32.0 Å². The second-order valence-electron chi connectivity index (χ2n) is 4.14. The Morgan fingerprint density at radius 2 is 2.40 bits per heavy atom. The van der Waals surface area contributed by atoms with Crippen molar-refractivity contribution in [1.29, 1.82) is 0 Å². The Bertz CT molecular complexity index is 305. The molecule has 0 amide bonds. The van der Waals surface area contributed by atoms with Gasteiger partial charge in [0.1, 0.15) is 12.2 Å². The van der Waals surface area contributed by atoms with Crippen LogP contribution in [-0.2, 0) is 13.6 Å². The molecule has 0 aliphatic carbocycles. The van der Waals surface area contributed by atoms with Gasteiger partial charge >= 0.3 is 0 Å². The highest BCUT2D eigenvalue weighted by Gasteiger charge is 2.24. The minimum atomic E-state index is 0.682. The standard InChI is InChI=1S/C10H19N5/c1-3-4-15(9-5-11-6-9)7-10-13-12-8-14(10)2/h8-9,11H,3-7H2,1-2H3. The fraction of sp³-hybridized carbons (Fsp3) is 0.800. The molecular weight excluding hydrogens is 190 g/mol. The molecule has 84 valence electrons. The summed E-state index contributed by atoms with van der Waals surface area (Å²) in [6.07, 6.45) is 2.95. The Hall–Kier alpha value is -0.940. The molecule has 1 fully saturated rings. The molecule has 0 saturated carbocycles. The van der Waals surface area contributed by atoms with Crippen LogP contribution in [0.2, 0.25) is 0 Å². The summed E-state index contributed by atoms with van der Waals surface area (Å²) in [5.74, 6) is 1.05. The van der Waals surface area contributed by atoms with Crippen molar-refractivity contribution in [2.45, 2.75) is 25.9 Å². The number of aromatic nitrogens is 3. The molecule has 1 aromatic heterocycles. The summed E-state index contributed by atoms with van der Waals surface area (Å²) >= 11 is 0. The van der Waals surface area contributed by atoms with Gasteiger partial charge in [0.15, 0.2) is 0 Å². The molecule has 0 radical (unpaired) electrons. The van der Waals surface area contributed by atoms with Crippen LogP contribution in [0.3, 0.4) is 0 Å². The molecule has 1 aromatic rings. The number of nitrogens with one attached hydrogen (secondary N) is 1. The van der Waals surface area contributed by atoms with Gasteiger partial charge in [0, 0.05) is 26.2 Å². The van der Waals surface area contributed by atoms with E-state index in [2.05, 4.69) is 27.3 Å². The van der Waals surface area contributed by atoms with Gasteiger partial charge in [-0.2, -0.15) is 0 Å². The zero-order valence-electron chi connectivity index (χ0n) is 9.48. The van der Waals surface area contributed by atoms with Crippen molar-refractivity contribution in [3.63, 3.8) is 0 Å². The summed E-state index contributed by atoms with van der Waals surface area (Å²) < 4.78 is 1.99. The summed E-state index contributed by atoms with van der Waals surface area (Å²) in [5, 5.41) is 11.3. The second-order valence-corrected chi connectivity index (χ2v) is 4.14. The van der Waals surface area contributed by atoms with E-state index in [9.17, 15) is 0 Å². The van der Waals surface area contributed by atoms with Crippen molar-refractivity contribution in [2.75, 3.05) is 19.6 Å². The van der Waals surface area contributed by atoms with Crippen LogP contribution in [-0.4, -0.2) is 45.3 Å². The number of rotatable bonds is 5. The van der Waals surface area contributed by atoms with Gasteiger partial charge in [-0.25, -0.2) is 0 Å². The van der Waals surface area contributed by atoms with Gasteiger partial charge in [-0.1, -0.05) is 6.92 Å². The maximum absolute atomic E-state index is 4.13. The van der Waals surface area contributed by atoms with Crippen LogP contribution in [0.1, 0.15) is 19.2 Å². The zero-order chi connectivity index (χ0) is 10.7. The van der Waals surface area contributed by atoms with Gasteiger partial charge in [0.05, 0.1) is 6.54 Å². The van der Waals surface area contributed by atoms with Gasteiger partial charge in [0.2, 0.25) is 0 Å². The van der Waals surface area contributed by atoms with Crippen LogP contribution in [0.4, 0.5) is 0 Å². The lowest BCUT2D eigenvalue weighted by molar-refractivity contribution is 0.133. The Labute approximate surface area is 90.5 Å². The molecule has 15 heavy (non-hydrogen) atoms. The topological polar surface area (TPSA) is 46.0 Å². The smallest absolute Gasteiger partial charge is 0.146 e. The molecule has 0 bridgehead atoms. The summed E-state index contributed by atoms with van der Waals surface area (Å²) in [4.78, 5) is 2.49. The average Bonchev–Trinajstić information content (AvgIpc) is 2.49. The van der Waals surface area contributed by atoms with Gasteiger partial charge in [-0.05, 0) is 13.0 Å². The van der Waals surface area contributed by atoms with Crippen LogP contribution < -0.4 is 5.32 Å². The summed E-state index contributed by atoms with van der Waals surface area (Å²) in [5.41, 5.74) is 0. The first-order valence-electron chi connectivity index (χ1n) is 5.59. The van der Waals surface area contributed by atoms with Gasteiger partial charge < -0.3 is 9.88 Å². The molecule has 1 aliphatic heterocycles. The average molecular weight is 209 g/mol. The predicted octanol–water partition coefficient (Wildman–Crippen LogP) is -0.00110. The number of nitrogens with zero attached hydrogens (tertiary/aromatic N) is 4. The molecule has 5 heteroatoms. The van der Waals surface area contributed by atoms with E-state index in [1.54, 1.807) is 6.33 Å². The van der Waals surface area contributed by atoms with Crippen molar-refractivity contribution in [1.82, 2.24) is 25.0 Å². The van der Waals surface area contributed by atoms with E-state index in [4.69, 9.17) is 0 Å². The molecule has 0 aromatic carbocycles. The Morgan fingerprint density at radius 1 is 1.60 bits per heavy atom. The van der Waals surface area contributed by atoms with Crippen LogP contribution in [0.15, 0.2) is 6.33 Å². The largest absolute Gasteiger partial charge is 0.320 e.